The maximum absolute atomic E-state index is 11.3. The van der Waals surface area contributed by atoms with E-state index in [0.717, 1.165) is 32.7 Å². The predicted octanol–water partition coefficient (Wildman–Crippen LogP) is 2.33. The zero-order valence-electron chi connectivity index (χ0n) is 10.7. The van der Waals surface area contributed by atoms with Crippen molar-refractivity contribution < 1.29 is 0 Å². The van der Waals surface area contributed by atoms with Gasteiger partial charge in [-0.2, -0.15) is 0 Å². The zero-order valence-corrected chi connectivity index (χ0v) is 12.3. The topological polar surface area (TPSA) is 86.5 Å². The van der Waals surface area contributed by atoms with E-state index in [9.17, 15) is 4.79 Å². The fourth-order valence-electron chi connectivity index (χ4n) is 1.98. The van der Waals surface area contributed by atoms with E-state index in [1.165, 1.54) is 0 Å². The van der Waals surface area contributed by atoms with Crippen molar-refractivity contribution in [3.05, 3.63) is 50.9 Å². The number of imidazole rings is 1. The van der Waals surface area contributed by atoms with Gasteiger partial charge in [0.1, 0.15) is 5.82 Å². The van der Waals surface area contributed by atoms with Gasteiger partial charge in [0.25, 0.3) is 0 Å². The third kappa shape index (κ3) is 2.57. The lowest BCUT2D eigenvalue weighted by molar-refractivity contribution is 0.955. The van der Waals surface area contributed by atoms with Crippen LogP contribution in [0.3, 0.4) is 0 Å². The second-order valence-corrected chi connectivity index (χ2v) is 5.26. The number of hydrogen-bond donors (Lipinski definition) is 3. The number of aromatic nitrogens is 4. The number of nitrogens with one attached hydrogen (secondary N) is 3. The molecule has 20 heavy (non-hydrogen) atoms. The summed E-state index contributed by atoms with van der Waals surface area (Å²) in [6.45, 7) is 2.44. The Kier molecular flexibility index (Phi) is 3.27. The molecular formula is C13H12BrN5O. The van der Waals surface area contributed by atoms with Crippen LogP contribution in [0.1, 0.15) is 11.5 Å². The Morgan fingerprint density at radius 2 is 2.05 bits per heavy atom. The van der Waals surface area contributed by atoms with Crippen LogP contribution >= 0.6 is 15.9 Å². The molecule has 0 saturated heterocycles. The van der Waals surface area contributed by atoms with Gasteiger partial charge < -0.3 is 15.3 Å². The van der Waals surface area contributed by atoms with E-state index >= 15 is 0 Å². The second kappa shape index (κ2) is 5.09. The van der Waals surface area contributed by atoms with Gasteiger partial charge in [0.05, 0.1) is 29.0 Å². The monoisotopic (exact) mass is 333 g/mol. The van der Waals surface area contributed by atoms with Gasteiger partial charge in [0.15, 0.2) is 0 Å². The molecule has 2 heterocycles. The average Bonchev–Trinajstić information content (AvgIpc) is 2.75. The van der Waals surface area contributed by atoms with Gasteiger partial charge >= 0.3 is 5.69 Å². The third-order valence-corrected chi connectivity index (χ3v) is 3.55. The molecule has 0 fully saturated rings. The molecule has 3 N–H and O–H groups in total. The number of hydrogen-bond acceptors (Lipinski definition) is 4. The van der Waals surface area contributed by atoms with Crippen LogP contribution in [0.4, 0.5) is 5.69 Å². The predicted molar refractivity (Wildman–Crippen MR) is 80.7 cm³/mol. The molecule has 0 radical (unpaired) electrons. The number of nitrogens with zero attached hydrogens (tertiary/aromatic N) is 2. The summed E-state index contributed by atoms with van der Waals surface area (Å²) in [5, 5.41) is 3.28. The molecule has 0 unspecified atom stereocenters. The number of anilines is 1. The highest BCUT2D eigenvalue weighted by Gasteiger charge is 2.05. The van der Waals surface area contributed by atoms with Crippen molar-refractivity contribution >= 4 is 32.7 Å². The van der Waals surface area contributed by atoms with Crippen LogP contribution in [0, 0.1) is 6.92 Å². The van der Waals surface area contributed by atoms with E-state index in [2.05, 4.69) is 41.2 Å². The summed E-state index contributed by atoms with van der Waals surface area (Å²) >= 11 is 3.48. The number of aryl methyl sites for hydroxylation is 1. The first-order valence-electron chi connectivity index (χ1n) is 6.06. The Labute approximate surface area is 122 Å². The highest BCUT2D eigenvalue weighted by molar-refractivity contribution is 9.10. The lowest BCUT2D eigenvalue weighted by Gasteiger charge is -2.08. The number of fused-ring (bicyclic) bond motifs is 1. The molecule has 7 heteroatoms. The second-order valence-electron chi connectivity index (χ2n) is 4.41. The first-order valence-corrected chi connectivity index (χ1v) is 6.85. The van der Waals surface area contributed by atoms with E-state index in [1.807, 2.05) is 25.1 Å². The Morgan fingerprint density at radius 3 is 2.80 bits per heavy atom. The van der Waals surface area contributed by atoms with Crippen LogP contribution in [0.25, 0.3) is 11.0 Å². The molecule has 0 aliphatic carbocycles. The van der Waals surface area contributed by atoms with Crippen molar-refractivity contribution in [2.45, 2.75) is 13.5 Å². The Hall–Kier alpha value is -2.15. The van der Waals surface area contributed by atoms with Crippen LogP contribution in [-0.4, -0.2) is 19.9 Å². The molecule has 0 aliphatic heterocycles. The van der Waals surface area contributed by atoms with Gasteiger partial charge in [-0.1, -0.05) is 0 Å². The van der Waals surface area contributed by atoms with E-state index in [-0.39, 0.29) is 5.69 Å². The summed E-state index contributed by atoms with van der Waals surface area (Å²) in [5.74, 6) is 0.744. The van der Waals surface area contributed by atoms with Crippen LogP contribution in [0.2, 0.25) is 0 Å². The quantitative estimate of drug-likeness (QED) is 0.686. The van der Waals surface area contributed by atoms with Gasteiger partial charge in [-0.3, -0.25) is 0 Å². The largest absolute Gasteiger partial charge is 0.378 e. The smallest absolute Gasteiger partial charge is 0.323 e. The maximum atomic E-state index is 11.3. The SMILES string of the molecule is Cc1nccc(CNc2cc3[nH]c(=O)[nH]c3cc2Br)n1. The molecule has 0 saturated carbocycles. The van der Waals surface area contributed by atoms with Gasteiger partial charge in [-0.05, 0) is 41.1 Å². The molecule has 102 valence electrons. The Balaban J connectivity index is 1.86. The van der Waals surface area contributed by atoms with Crippen molar-refractivity contribution in [1.82, 2.24) is 19.9 Å². The fourth-order valence-corrected chi connectivity index (χ4v) is 2.46. The number of halogens is 1. The molecule has 0 atom stereocenters. The zero-order chi connectivity index (χ0) is 14.1. The molecule has 0 bridgehead atoms. The molecule has 3 aromatic rings. The Morgan fingerprint density at radius 1 is 1.30 bits per heavy atom. The van der Waals surface area contributed by atoms with Crippen molar-refractivity contribution in [3.8, 4) is 0 Å². The molecule has 6 nitrogen and oxygen atoms in total. The number of H-pyrrole nitrogens is 2. The summed E-state index contributed by atoms with van der Waals surface area (Å²) in [6, 6.07) is 5.61. The normalized spacial score (nSPS) is 10.9. The summed E-state index contributed by atoms with van der Waals surface area (Å²) in [7, 11) is 0. The highest BCUT2D eigenvalue weighted by atomic mass is 79.9. The van der Waals surface area contributed by atoms with Gasteiger partial charge in [0, 0.05) is 10.7 Å². The van der Waals surface area contributed by atoms with Crippen LogP contribution in [0.15, 0.2) is 33.7 Å². The number of benzene rings is 1. The number of rotatable bonds is 3. The van der Waals surface area contributed by atoms with E-state index < -0.39 is 0 Å². The molecular weight excluding hydrogens is 322 g/mol. The number of aromatic amines is 2. The molecule has 0 amide bonds. The maximum Gasteiger partial charge on any atom is 0.323 e. The van der Waals surface area contributed by atoms with Crippen LogP contribution < -0.4 is 11.0 Å². The molecule has 1 aromatic carbocycles. The first kappa shape index (κ1) is 12.9. The van der Waals surface area contributed by atoms with Crippen molar-refractivity contribution in [3.63, 3.8) is 0 Å². The summed E-state index contributed by atoms with van der Waals surface area (Å²) < 4.78 is 0.881. The summed E-state index contributed by atoms with van der Waals surface area (Å²) in [5.41, 5.74) is 3.12. The fraction of sp³-hybridized carbons (Fsp3) is 0.154. The minimum atomic E-state index is -0.213. The van der Waals surface area contributed by atoms with Gasteiger partial charge in [-0.25, -0.2) is 14.8 Å². The lowest BCUT2D eigenvalue weighted by atomic mass is 10.2. The van der Waals surface area contributed by atoms with Crippen molar-refractivity contribution in [2.75, 3.05) is 5.32 Å². The minimum Gasteiger partial charge on any atom is -0.378 e. The first-order chi connectivity index (χ1) is 9.61. The van der Waals surface area contributed by atoms with E-state index in [1.54, 1.807) is 6.20 Å². The highest BCUT2D eigenvalue weighted by Crippen LogP contribution is 2.26. The Bertz CT molecular complexity index is 823. The van der Waals surface area contributed by atoms with Crippen molar-refractivity contribution in [2.24, 2.45) is 0 Å². The average molecular weight is 334 g/mol. The standard InChI is InChI=1S/C13H12BrN5O/c1-7-15-3-2-8(17-7)6-16-10-5-12-11(4-9(10)14)18-13(20)19-12/h2-5,16H,6H2,1H3,(H2,18,19,20). The minimum absolute atomic E-state index is 0.213. The third-order valence-electron chi connectivity index (χ3n) is 2.90. The molecule has 0 aliphatic rings. The molecule has 2 aromatic heterocycles. The lowest BCUT2D eigenvalue weighted by Crippen LogP contribution is -2.03. The summed E-state index contributed by atoms with van der Waals surface area (Å²) in [4.78, 5) is 25.1. The summed E-state index contributed by atoms with van der Waals surface area (Å²) in [6.07, 6.45) is 1.74. The van der Waals surface area contributed by atoms with E-state index in [4.69, 9.17) is 0 Å². The molecule has 3 rings (SSSR count). The molecule has 0 spiro atoms. The van der Waals surface area contributed by atoms with Gasteiger partial charge in [0.2, 0.25) is 0 Å². The van der Waals surface area contributed by atoms with E-state index in [0.29, 0.717) is 6.54 Å². The van der Waals surface area contributed by atoms with Crippen LogP contribution in [-0.2, 0) is 6.54 Å². The van der Waals surface area contributed by atoms with Crippen molar-refractivity contribution in [1.29, 1.82) is 0 Å². The van der Waals surface area contributed by atoms with Gasteiger partial charge in [-0.15, -0.1) is 0 Å². The van der Waals surface area contributed by atoms with Crippen LogP contribution in [0.5, 0.6) is 0 Å².